The van der Waals surface area contributed by atoms with Gasteiger partial charge in [0, 0.05) is 79.0 Å². The van der Waals surface area contributed by atoms with Crippen LogP contribution in [0.25, 0.3) is 0 Å². The number of alkyl halides is 10. The van der Waals surface area contributed by atoms with E-state index in [4.69, 9.17) is 81.8 Å². The molecule has 2 heterocycles. The average Bonchev–Trinajstić information content (AvgIpc) is 0.810. The molecular formula is C69H103BrCl3F6N2O30P5S. The van der Waals surface area contributed by atoms with Gasteiger partial charge in [-0.3, -0.25) is 60.0 Å². The number of halogens is 10. The number of esters is 5. The van der Waals surface area contributed by atoms with E-state index in [1.165, 1.54) is 27.4 Å². The van der Waals surface area contributed by atoms with Gasteiger partial charge in [0.25, 0.3) is 0 Å². The van der Waals surface area contributed by atoms with Gasteiger partial charge in [-0.25, -0.2) is 23.7 Å². The number of hydrogen-bond donors (Lipinski definition) is 3. The molecule has 670 valence electrons. The van der Waals surface area contributed by atoms with E-state index in [2.05, 4.69) is 57.3 Å². The highest BCUT2D eigenvalue weighted by atomic mass is 79.9. The number of morpholine rings is 2. The van der Waals surface area contributed by atoms with Gasteiger partial charge in [-0.1, -0.05) is 136 Å². The molecule has 0 spiro atoms. The highest BCUT2D eigenvalue weighted by molar-refractivity contribution is 9.10. The van der Waals surface area contributed by atoms with E-state index in [1.54, 1.807) is 77.1 Å². The summed E-state index contributed by atoms with van der Waals surface area (Å²) in [6, 6.07) is 33.3. The molecule has 4 aromatic rings. The number of nitrogens with zero attached hydrogens (tertiary/aromatic N) is 2. The zero-order valence-electron chi connectivity index (χ0n) is 66.4. The molecule has 0 amide bonds. The fourth-order valence-electron chi connectivity index (χ4n) is 8.63. The maximum atomic E-state index is 12.5. The first kappa shape index (κ1) is 112. The zero-order chi connectivity index (χ0) is 89.7. The van der Waals surface area contributed by atoms with Gasteiger partial charge in [-0.05, 0) is 108 Å². The van der Waals surface area contributed by atoms with Crippen LogP contribution in [0.4, 0.5) is 26.3 Å². The van der Waals surface area contributed by atoms with Crippen LogP contribution in [0, 0.1) is 0 Å². The molecule has 0 aromatic heterocycles. The van der Waals surface area contributed by atoms with Crippen LogP contribution >= 0.6 is 88.7 Å². The molecule has 32 nitrogen and oxygen atoms in total. The first-order valence-corrected chi connectivity index (χ1v) is 48.7. The van der Waals surface area contributed by atoms with E-state index < -0.39 is 125 Å². The Balaban J connectivity index is 0.00000137. The van der Waals surface area contributed by atoms with Gasteiger partial charge in [0.1, 0.15) is 16.3 Å². The Kier molecular flexibility index (Phi) is 53.9. The van der Waals surface area contributed by atoms with Gasteiger partial charge >= 0.3 is 93.4 Å². The second-order valence-corrected chi connectivity index (χ2v) is 39.9. The van der Waals surface area contributed by atoms with Crippen LogP contribution in [-0.2, 0) is 147 Å². The molecule has 117 heavy (non-hydrogen) atoms. The van der Waals surface area contributed by atoms with E-state index in [9.17, 15) is 86.7 Å². The highest BCUT2D eigenvalue weighted by Gasteiger charge is 2.45. The molecule has 10 unspecified atom stereocenters. The highest BCUT2D eigenvalue weighted by Crippen LogP contribution is 2.52. The first-order valence-electron chi connectivity index (χ1n) is 35.2. The molecule has 3 N–H and O–H groups in total. The minimum Gasteiger partial charge on any atom is -0.508 e. The van der Waals surface area contributed by atoms with Crippen molar-refractivity contribution in [2.24, 2.45) is 0 Å². The van der Waals surface area contributed by atoms with Crippen molar-refractivity contribution in [3.8, 4) is 11.5 Å². The van der Waals surface area contributed by atoms with Crippen LogP contribution in [0.15, 0.2) is 109 Å². The van der Waals surface area contributed by atoms with Crippen molar-refractivity contribution in [2.45, 2.75) is 126 Å². The third-order valence-corrected chi connectivity index (χ3v) is 22.7. The van der Waals surface area contributed by atoms with Gasteiger partial charge < -0.3 is 52.6 Å². The maximum Gasteiger partial charge on any atom is 0.412 e. The average molecular weight is 1930 g/mol. The van der Waals surface area contributed by atoms with E-state index in [0.717, 1.165) is 102 Å². The molecule has 0 bridgehead atoms. The predicted octanol–water partition coefficient (Wildman–Crippen LogP) is 14.6. The van der Waals surface area contributed by atoms with Gasteiger partial charge in [-0.2, -0.15) is 38.7 Å². The summed E-state index contributed by atoms with van der Waals surface area (Å²) in [5.41, 5.74) is 4.02. The second-order valence-electron chi connectivity index (χ2n) is 24.3. The van der Waals surface area contributed by atoms with Crippen LogP contribution < -0.4 is 4.52 Å². The lowest BCUT2D eigenvalue weighted by Gasteiger charge is -2.26. The van der Waals surface area contributed by atoms with Crippen LogP contribution in [0.2, 0.25) is 0 Å². The number of ether oxygens (including phenoxy) is 7. The van der Waals surface area contributed by atoms with Crippen molar-refractivity contribution in [2.75, 3.05) is 132 Å². The number of rotatable bonds is 34. The topological polar surface area (TPSA) is 410 Å². The van der Waals surface area contributed by atoms with Crippen LogP contribution in [0.5, 0.6) is 11.5 Å². The fourth-order valence-corrected chi connectivity index (χ4v) is 15.8. The summed E-state index contributed by atoms with van der Waals surface area (Å²) in [4.78, 5) is 78.2. The molecule has 10 atom stereocenters. The molecular weight excluding hydrogens is 1820 g/mol. The normalized spacial score (nSPS) is 17.1. The van der Waals surface area contributed by atoms with Crippen molar-refractivity contribution in [3.63, 3.8) is 0 Å². The molecule has 2 saturated heterocycles. The molecule has 2 aliphatic heterocycles. The molecule has 0 aliphatic carbocycles. The molecule has 2 aliphatic rings. The summed E-state index contributed by atoms with van der Waals surface area (Å²) in [6.07, 6.45) is -13.1. The Morgan fingerprint density at radius 1 is 0.487 bits per heavy atom. The summed E-state index contributed by atoms with van der Waals surface area (Å²) < 4.78 is 218. The molecule has 4 aromatic carbocycles. The second kappa shape index (κ2) is 56.2. The van der Waals surface area contributed by atoms with Crippen molar-refractivity contribution < 1.29 is 165 Å². The molecule has 48 heteroatoms. The summed E-state index contributed by atoms with van der Waals surface area (Å²) in [6.45, 7) is 23.3. The number of phenols is 1. The molecule has 0 radical (unpaired) electrons. The van der Waals surface area contributed by atoms with E-state index in [1.807, 2.05) is 66.7 Å². The van der Waals surface area contributed by atoms with Crippen molar-refractivity contribution in [1.82, 2.24) is 9.80 Å². The van der Waals surface area contributed by atoms with Crippen molar-refractivity contribution >= 4 is 129 Å². The van der Waals surface area contributed by atoms with Crippen LogP contribution in [0.1, 0.15) is 77.6 Å². The number of carbonyl (C=O) groups is 5. The molecule has 2 fully saturated rings. The van der Waals surface area contributed by atoms with Crippen molar-refractivity contribution in [1.29, 1.82) is 0 Å². The number of phenolic OH excluding ortho intramolecular Hbond substituents is 1. The Hall–Kier alpha value is -4.66. The monoisotopic (exact) mass is 1920 g/mol. The quantitative estimate of drug-likeness (QED) is 0.0128. The largest absolute Gasteiger partial charge is 0.508 e. The van der Waals surface area contributed by atoms with Gasteiger partial charge in [0.15, 0.2) is 37.6 Å². The van der Waals surface area contributed by atoms with Gasteiger partial charge in [-0.15, -0.1) is 0 Å². The minimum absolute atomic E-state index is 0.00683. The standard InChI is InChI=1S/C17H26NO6P.C14H18F3O5P.C11H13BrO2.C11H15NO2.C7H12Cl3O7PS.C6H13O5P.C3H6F3O3P/c1-4-22-17(19)14(2)23-25(3,20)24-16-7-5-6-15(12-16)13-18-8-10-21-11-9-18;1-3-20-13(18)12(9-11-7-5-4-6-8-11)22-23(2,19)21-10-14(15,16)17;1-2-14-11(13)10(12)8-9-6-4-3-5-7-9;13-11-3-1-2-10(8-11)9-12-4-6-14-7-5-12;1-4-15-6(11)5(2)16-18(3,12)17-19(13,14)7(8,9)10;1-4-10-6(7)5(2)11-12(3,8)9;1-10(7,8)9-2-3(4,5)6/h5-7,12,14H,4,8-11,13H2,1-3H3;4-8,12H,3,9-10H2,1-2H3;3-7,10H,2,8H2,1H3;1-3,8,13H,4-7,9H2;5H,4H2,1-3H3;5H,4H2,1-3H3,(H,8,9);2H2,1H3,(H,7,8). The number of benzene rings is 4. The Morgan fingerprint density at radius 3 is 1.24 bits per heavy atom. The summed E-state index contributed by atoms with van der Waals surface area (Å²) >= 11 is 18.7. The smallest absolute Gasteiger partial charge is 0.412 e. The van der Waals surface area contributed by atoms with Gasteiger partial charge in [0.05, 0.1) is 59.5 Å². The predicted molar refractivity (Wildman–Crippen MR) is 426 cm³/mol. The zero-order valence-corrected chi connectivity index (χ0v) is 75.5. The Morgan fingerprint density at radius 2 is 0.855 bits per heavy atom. The Labute approximate surface area is 700 Å². The minimum atomic E-state index is -4.78. The lowest BCUT2D eigenvalue weighted by molar-refractivity contribution is -0.158. The van der Waals surface area contributed by atoms with Gasteiger partial charge in [0.2, 0.25) is 0 Å². The summed E-state index contributed by atoms with van der Waals surface area (Å²) in [5, 5.41) is 9.30. The van der Waals surface area contributed by atoms with Crippen LogP contribution in [-0.4, -0.2) is 240 Å². The van der Waals surface area contributed by atoms with Crippen LogP contribution in [0.3, 0.4) is 0 Å². The van der Waals surface area contributed by atoms with E-state index >= 15 is 0 Å². The number of hydrogen-bond acceptors (Lipinski definition) is 30. The molecule has 0 saturated carbocycles. The summed E-state index contributed by atoms with van der Waals surface area (Å²) in [5.74, 6) is -2.24. The number of carbonyl (C=O) groups excluding carboxylic acids is 5. The lowest BCUT2D eigenvalue weighted by atomic mass is 10.1. The molecule has 6 rings (SSSR count). The number of aromatic hydroxyl groups is 1. The SMILES string of the molecule is CCOC(=O)C(Br)Cc1ccccc1.CCOC(=O)C(C)OP(C)(=O)O.CCOC(=O)C(C)OP(C)(=O)OS(=O)(=O)C(Cl)(Cl)Cl.CCOC(=O)C(C)OP(C)(=O)Oc1cccc(CN2CCOCC2)c1.CCOC(=O)C(Cc1ccccc1)OP(C)(=O)OCC(F)(F)F.CP(=O)(O)OCC(F)(F)F.Oc1cccc(CN2CCOCC2)c1. The lowest BCUT2D eigenvalue weighted by Crippen LogP contribution is -2.35. The summed E-state index contributed by atoms with van der Waals surface area (Å²) in [7, 11) is -24.1. The first-order chi connectivity index (χ1) is 54.0. The van der Waals surface area contributed by atoms with E-state index in [-0.39, 0.29) is 43.6 Å². The fraction of sp³-hybridized carbons (Fsp3) is 0.580. The third kappa shape index (κ3) is 57.4. The van der Waals surface area contributed by atoms with Crippen molar-refractivity contribution in [3.05, 3.63) is 131 Å². The Bertz CT molecular complexity index is 3950. The third-order valence-electron chi connectivity index (χ3n) is 13.4. The maximum absolute atomic E-state index is 12.5. The van der Waals surface area contributed by atoms with E-state index in [0.29, 0.717) is 36.8 Å².